The van der Waals surface area contributed by atoms with Gasteiger partial charge in [-0.05, 0) is 61.1 Å². The number of aromatic hydroxyl groups is 1. The summed E-state index contributed by atoms with van der Waals surface area (Å²) < 4.78 is 0. The lowest BCUT2D eigenvalue weighted by Crippen LogP contribution is -2.52. The summed E-state index contributed by atoms with van der Waals surface area (Å²) in [4.78, 5) is 31.2. The van der Waals surface area contributed by atoms with Crippen molar-refractivity contribution in [3.05, 3.63) is 69.9 Å². The zero-order valence-corrected chi connectivity index (χ0v) is 22.7. The molecule has 39 heavy (non-hydrogen) atoms. The second-order valence-corrected chi connectivity index (χ2v) is 10.5. The topological polar surface area (TPSA) is 131 Å². The summed E-state index contributed by atoms with van der Waals surface area (Å²) in [7, 11) is 0. The van der Waals surface area contributed by atoms with Crippen LogP contribution in [0, 0.1) is 13.8 Å². The number of nitrogens with two attached hydrogens (primary N) is 1. The van der Waals surface area contributed by atoms with Gasteiger partial charge in [0.2, 0.25) is 0 Å². The van der Waals surface area contributed by atoms with Crippen LogP contribution < -0.4 is 16.0 Å². The van der Waals surface area contributed by atoms with E-state index in [9.17, 15) is 14.7 Å². The number of primary amides is 1. The molecule has 0 saturated carbocycles. The average molecular weight is 532 g/mol. The smallest absolute Gasteiger partial charge is 0.320 e. The van der Waals surface area contributed by atoms with Crippen LogP contribution in [0.15, 0.2) is 36.4 Å². The summed E-state index contributed by atoms with van der Waals surface area (Å²) in [5.74, 6) is 0.163. The summed E-state index contributed by atoms with van der Waals surface area (Å²) in [6.07, 6.45) is 2.70. The molecule has 0 bridgehead atoms. The summed E-state index contributed by atoms with van der Waals surface area (Å²) in [6, 6.07) is 12.3. The van der Waals surface area contributed by atoms with Crippen LogP contribution in [-0.2, 0) is 13.0 Å². The maximum Gasteiger partial charge on any atom is 0.320 e. The van der Waals surface area contributed by atoms with Crippen LogP contribution in [0.3, 0.4) is 0 Å². The first-order valence-electron chi connectivity index (χ1n) is 13.6. The predicted octanol–water partition coefficient (Wildman–Crippen LogP) is 3.37. The molecule has 2 fully saturated rings. The number of nitrogens with one attached hydrogen (secondary N) is 2. The van der Waals surface area contributed by atoms with Crippen molar-refractivity contribution in [2.24, 2.45) is 5.73 Å². The van der Waals surface area contributed by atoms with Crippen molar-refractivity contribution in [3.8, 4) is 5.75 Å². The molecule has 10 nitrogen and oxygen atoms in total. The number of urea groups is 1. The number of benzene rings is 2. The highest BCUT2D eigenvalue weighted by Gasteiger charge is 2.27. The Balaban J connectivity index is 1.20. The van der Waals surface area contributed by atoms with E-state index in [1.54, 1.807) is 0 Å². The van der Waals surface area contributed by atoms with Crippen molar-refractivity contribution in [3.63, 3.8) is 0 Å². The molecule has 2 saturated heterocycles. The van der Waals surface area contributed by atoms with Gasteiger partial charge in [-0.25, -0.2) is 4.79 Å². The third kappa shape index (κ3) is 5.79. The Morgan fingerprint density at radius 1 is 0.949 bits per heavy atom. The van der Waals surface area contributed by atoms with Crippen LogP contribution in [0.5, 0.6) is 5.75 Å². The number of anilines is 2. The molecule has 5 N–H and O–H groups in total. The number of phenolic OH excluding ortho intramolecular Hbond substituents is 1. The monoisotopic (exact) mass is 531 g/mol. The normalized spacial score (nSPS) is 15.6. The fourth-order valence-electron chi connectivity index (χ4n) is 5.53. The quantitative estimate of drug-likeness (QED) is 0.370. The predicted molar refractivity (Wildman–Crippen MR) is 151 cm³/mol. The largest absolute Gasteiger partial charge is 0.507 e. The van der Waals surface area contributed by atoms with Gasteiger partial charge >= 0.3 is 6.03 Å². The number of aromatic amines is 1. The molecule has 2 aromatic carbocycles. The lowest BCUT2D eigenvalue weighted by atomic mass is 10.0. The van der Waals surface area contributed by atoms with E-state index in [1.807, 2.05) is 35.8 Å². The molecule has 3 amide bonds. The van der Waals surface area contributed by atoms with Crippen LogP contribution >= 0.6 is 0 Å². The van der Waals surface area contributed by atoms with Crippen molar-refractivity contribution in [1.29, 1.82) is 0 Å². The van der Waals surface area contributed by atoms with Gasteiger partial charge in [-0.3, -0.25) is 9.89 Å². The Morgan fingerprint density at radius 3 is 2.18 bits per heavy atom. The van der Waals surface area contributed by atoms with Crippen LogP contribution in [0.4, 0.5) is 16.3 Å². The number of hydrogen-bond acceptors (Lipinski definition) is 6. The Morgan fingerprint density at radius 2 is 1.56 bits per heavy atom. The van der Waals surface area contributed by atoms with Gasteiger partial charge in [-0.1, -0.05) is 24.3 Å². The maximum atomic E-state index is 12.7. The Bertz CT molecular complexity index is 1310. The molecule has 3 aromatic rings. The van der Waals surface area contributed by atoms with Crippen molar-refractivity contribution >= 4 is 23.4 Å². The van der Waals surface area contributed by atoms with Gasteiger partial charge in [0.1, 0.15) is 11.3 Å². The molecule has 0 radical (unpaired) electrons. The second-order valence-electron chi connectivity index (χ2n) is 10.5. The number of likely N-dealkylation sites (tertiary alicyclic amines) is 1. The summed E-state index contributed by atoms with van der Waals surface area (Å²) in [5, 5.41) is 20.5. The van der Waals surface area contributed by atoms with Crippen LogP contribution in [0.1, 0.15) is 51.1 Å². The number of piperazine rings is 1. The molecular formula is C29H37N7O3. The number of carbonyl (C=O) groups excluding carboxylic acids is 2. The number of H-pyrrole nitrogens is 1. The first-order valence-corrected chi connectivity index (χ1v) is 13.6. The SMILES string of the molecule is Cc1cc(CNc2n[nH]c(Cc3ccc(N4CCN(C(=O)N5CCCC5)CC4)cc3)c2C(N)=O)cc(C)c1O. The lowest BCUT2D eigenvalue weighted by molar-refractivity contribution is 0.1000. The third-order valence-electron chi connectivity index (χ3n) is 7.71. The number of aryl methyl sites for hydroxylation is 2. The molecule has 0 aliphatic carbocycles. The van der Waals surface area contributed by atoms with Crippen molar-refractivity contribution in [1.82, 2.24) is 20.0 Å². The van der Waals surface area contributed by atoms with E-state index in [0.717, 1.165) is 80.1 Å². The van der Waals surface area contributed by atoms with Gasteiger partial charge in [0.25, 0.3) is 5.91 Å². The summed E-state index contributed by atoms with van der Waals surface area (Å²) in [6.45, 7) is 8.98. The average Bonchev–Trinajstić information content (AvgIpc) is 3.61. The number of phenols is 1. The summed E-state index contributed by atoms with van der Waals surface area (Å²) >= 11 is 0. The lowest BCUT2D eigenvalue weighted by Gasteiger charge is -2.37. The van der Waals surface area contributed by atoms with Crippen molar-refractivity contribution < 1.29 is 14.7 Å². The van der Waals surface area contributed by atoms with E-state index >= 15 is 0 Å². The second kappa shape index (κ2) is 11.3. The van der Waals surface area contributed by atoms with Gasteiger partial charge in [0, 0.05) is 57.9 Å². The van der Waals surface area contributed by atoms with Gasteiger partial charge in [0.15, 0.2) is 5.82 Å². The van der Waals surface area contributed by atoms with Crippen LogP contribution in [0.2, 0.25) is 0 Å². The molecule has 3 heterocycles. The minimum atomic E-state index is -0.544. The highest BCUT2D eigenvalue weighted by Crippen LogP contribution is 2.25. The number of aromatic nitrogens is 2. The molecule has 2 aliphatic rings. The highest BCUT2D eigenvalue weighted by atomic mass is 16.3. The standard InChI is InChI=1S/C29H37N7O3/c1-19-15-22(16-20(2)26(19)37)18-31-28-25(27(30)38)24(32-33-28)17-21-5-7-23(8-6-21)34-11-13-36(14-12-34)29(39)35-9-3-4-10-35/h5-8,15-16,37H,3-4,9-14,17-18H2,1-2H3,(H2,30,38)(H2,31,32,33). The Kier molecular flexibility index (Phi) is 7.63. The molecule has 5 rings (SSSR count). The molecule has 10 heteroatoms. The van der Waals surface area contributed by atoms with Gasteiger partial charge in [-0.2, -0.15) is 5.10 Å². The van der Waals surface area contributed by atoms with Crippen LogP contribution in [-0.4, -0.2) is 76.3 Å². The zero-order valence-electron chi connectivity index (χ0n) is 22.7. The first kappa shape index (κ1) is 26.4. The minimum absolute atomic E-state index is 0.175. The van der Waals surface area contributed by atoms with Crippen LogP contribution in [0.25, 0.3) is 0 Å². The summed E-state index contributed by atoms with van der Waals surface area (Å²) in [5.41, 5.74) is 11.5. The zero-order chi connectivity index (χ0) is 27.5. The number of amides is 3. The molecular weight excluding hydrogens is 494 g/mol. The molecule has 206 valence electrons. The Hall–Kier alpha value is -4.21. The molecule has 0 unspecified atom stereocenters. The van der Waals surface area contributed by atoms with Gasteiger partial charge in [-0.15, -0.1) is 0 Å². The van der Waals surface area contributed by atoms with Gasteiger partial charge in [0.05, 0.1) is 5.69 Å². The first-order chi connectivity index (χ1) is 18.8. The van der Waals surface area contributed by atoms with E-state index in [-0.39, 0.29) is 6.03 Å². The highest BCUT2D eigenvalue weighted by molar-refractivity contribution is 5.99. The fourth-order valence-corrected chi connectivity index (χ4v) is 5.53. The molecule has 2 aliphatic heterocycles. The minimum Gasteiger partial charge on any atom is -0.507 e. The number of hydrogen-bond donors (Lipinski definition) is 4. The Labute approximate surface area is 228 Å². The van der Waals surface area contributed by atoms with Crippen molar-refractivity contribution in [2.45, 2.75) is 39.7 Å². The van der Waals surface area contributed by atoms with E-state index < -0.39 is 5.91 Å². The molecule has 0 spiro atoms. The number of rotatable bonds is 7. The van der Waals surface area contributed by atoms with Gasteiger partial charge < -0.3 is 30.9 Å². The molecule has 0 atom stereocenters. The van der Waals surface area contributed by atoms with E-state index in [4.69, 9.17) is 5.73 Å². The van der Waals surface area contributed by atoms with Crippen molar-refractivity contribution in [2.75, 3.05) is 49.5 Å². The van der Waals surface area contributed by atoms with E-state index in [0.29, 0.717) is 35.8 Å². The number of carbonyl (C=O) groups is 2. The maximum absolute atomic E-state index is 12.7. The third-order valence-corrected chi connectivity index (χ3v) is 7.71. The van der Waals surface area contributed by atoms with E-state index in [1.165, 1.54) is 0 Å². The fraction of sp³-hybridized carbons (Fsp3) is 0.414. The van der Waals surface area contributed by atoms with E-state index in [2.05, 4.69) is 44.7 Å². The number of nitrogens with zero attached hydrogens (tertiary/aromatic N) is 4. The molecule has 1 aromatic heterocycles.